The van der Waals surface area contributed by atoms with Gasteiger partial charge in [-0.15, -0.1) is 0 Å². The highest BCUT2D eigenvalue weighted by Gasteiger charge is 2.29. The zero-order valence-corrected chi connectivity index (χ0v) is 18.6. The summed E-state index contributed by atoms with van der Waals surface area (Å²) in [5, 5.41) is 3.49. The number of aromatic nitrogens is 1. The van der Waals surface area contributed by atoms with Crippen molar-refractivity contribution in [2.24, 2.45) is 5.92 Å². The summed E-state index contributed by atoms with van der Waals surface area (Å²) in [7, 11) is 0. The Labute approximate surface area is 196 Å². The van der Waals surface area contributed by atoms with Crippen LogP contribution in [0.2, 0.25) is 5.02 Å². The zero-order valence-electron chi connectivity index (χ0n) is 17.8. The van der Waals surface area contributed by atoms with Crippen molar-refractivity contribution < 1.29 is 18.7 Å². The van der Waals surface area contributed by atoms with E-state index in [4.69, 9.17) is 16.3 Å². The van der Waals surface area contributed by atoms with Crippen LogP contribution in [-0.2, 0) is 11.3 Å². The molecule has 8 heteroatoms. The molecule has 1 aromatic heterocycles. The second-order valence-corrected chi connectivity index (χ2v) is 8.28. The topological polar surface area (TPSA) is 71.5 Å². The van der Waals surface area contributed by atoms with Gasteiger partial charge in [-0.2, -0.15) is 0 Å². The van der Waals surface area contributed by atoms with Crippen LogP contribution >= 0.6 is 11.6 Å². The molecule has 2 aromatic carbocycles. The third-order valence-electron chi connectivity index (χ3n) is 5.48. The quantitative estimate of drug-likeness (QED) is 0.563. The van der Waals surface area contributed by atoms with Crippen molar-refractivity contribution in [3.63, 3.8) is 0 Å². The molecule has 0 aliphatic carbocycles. The summed E-state index contributed by atoms with van der Waals surface area (Å²) in [6, 6.07) is 16.1. The first-order chi connectivity index (χ1) is 16.0. The number of pyridine rings is 1. The van der Waals surface area contributed by atoms with Crippen LogP contribution in [0.1, 0.15) is 28.8 Å². The summed E-state index contributed by atoms with van der Waals surface area (Å²) in [4.78, 5) is 31.6. The maximum atomic E-state index is 13.5. The second-order valence-electron chi connectivity index (χ2n) is 7.84. The molecule has 0 saturated carbocycles. The van der Waals surface area contributed by atoms with Gasteiger partial charge in [-0.3, -0.25) is 9.59 Å². The lowest BCUT2D eigenvalue weighted by atomic mass is 9.96. The minimum absolute atomic E-state index is 0.109. The van der Waals surface area contributed by atoms with Crippen molar-refractivity contribution >= 4 is 23.4 Å². The molecule has 1 N–H and O–H groups in total. The van der Waals surface area contributed by atoms with E-state index in [9.17, 15) is 14.0 Å². The molecule has 0 radical (unpaired) electrons. The van der Waals surface area contributed by atoms with Crippen LogP contribution in [0, 0.1) is 11.7 Å². The van der Waals surface area contributed by atoms with Crippen LogP contribution in [0.25, 0.3) is 0 Å². The van der Waals surface area contributed by atoms with Gasteiger partial charge in [0, 0.05) is 48.0 Å². The Morgan fingerprint density at radius 3 is 2.76 bits per heavy atom. The number of benzene rings is 2. The lowest BCUT2D eigenvalue weighted by molar-refractivity contribution is -0.126. The third-order valence-corrected chi connectivity index (χ3v) is 5.74. The number of piperidine rings is 1. The van der Waals surface area contributed by atoms with E-state index in [-0.39, 0.29) is 24.3 Å². The molecule has 2 amide bonds. The highest BCUT2D eigenvalue weighted by Crippen LogP contribution is 2.24. The molecule has 1 unspecified atom stereocenters. The molecule has 6 nitrogen and oxygen atoms in total. The molecule has 1 atom stereocenters. The average Bonchev–Trinajstić information content (AvgIpc) is 2.83. The molecule has 0 bridgehead atoms. The molecular formula is C25H23ClFN3O3. The van der Waals surface area contributed by atoms with Crippen molar-refractivity contribution in [2.75, 3.05) is 13.1 Å². The summed E-state index contributed by atoms with van der Waals surface area (Å²) in [6.07, 6.45) is 3.02. The number of ether oxygens (including phenoxy) is 1. The largest absolute Gasteiger partial charge is 0.439 e. The van der Waals surface area contributed by atoms with Gasteiger partial charge >= 0.3 is 0 Å². The molecule has 1 fully saturated rings. The fourth-order valence-corrected chi connectivity index (χ4v) is 3.90. The predicted octanol–water partition coefficient (Wildman–Crippen LogP) is 4.84. The first-order valence-electron chi connectivity index (χ1n) is 10.7. The number of carbonyl (C=O) groups is 2. The van der Waals surface area contributed by atoms with Gasteiger partial charge < -0.3 is 15.0 Å². The Kier molecular flexibility index (Phi) is 7.19. The molecule has 0 spiro atoms. The Bertz CT molecular complexity index is 1140. The minimum Gasteiger partial charge on any atom is -0.439 e. The van der Waals surface area contributed by atoms with Crippen LogP contribution in [0.15, 0.2) is 66.9 Å². The molecule has 4 rings (SSSR count). The summed E-state index contributed by atoms with van der Waals surface area (Å²) in [5.41, 5.74) is 1.22. The van der Waals surface area contributed by atoms with Crippen molar-refractivity contribution in [3.05, 3.63) is 88.8 Å². The van der Waals surface area contributed by atoms with Crippen LogP contribution < -0.4 is 10.1 Å². The number of nitrogens with zero attached hydrogens (tertiary/aromatic N) is 2. The van der Waals surface area contributed by atoms with Gasteiger partial charge in [0.1, 0.15) is 11.6 Å². The van der Waals surface area contributed by atoms with Gasteiger partial charge in [0.05, 0.1) is 5.92 Å². The van der Waals surface area contributed by atoms with Gasteiger partial charge in [-0.1, -0.05) is 23.7 Å². The lowest BCUT2D eigenvalue weighted by Gasteiger charge is -2.32. The summed E-state index contributed by atoms with van der Waals surface area (Å²) in [5.74, 6) is -0.338. The van der Waals surface area contributed by atoms with E-state index in [0.717, 1.165) is 6.42 Å². The van der Waals surface area contributed by atoms with Gasteiger partial charge in [-0.05, 0) is 55.3 Å². The van der Waals surface area contributed by atoms with Crippen molar-refractivity contribution in [3.8, 4) is 11.6 Å². The normalized spacial score (nSPS) is 15.7. The molecule has 2 heterocycles. The third kappa shape index (κ3) is 5.87. The van der Waals surface area contributed by atoms with E-state index in [0.29, 0.717) is 47.3 Å². The Morgan fingerprint density at radius 2 is 1.97 bits per heavy atom. The molecule has 3 aromatic rings. The van der Waals surface area contributed by atoms with Crippen molar-refractivity contribution in [2.45, 2.75) is 19.4 Å². The smallest absolute Gasteiger partial charge is 0.253 e. The Hall–Kier alpha value is -3.45. The van der Waals surface area contributed by atoms with E-state index in [1.807, 2.05) is 0 Å². The molecule has 170 valence electrons. The van der Waals surface area contributed by atoms with E-state index in [2.05, 4.69) is 10.3 Å². The fourth-order valence-electron chi connectivity index (χ4n) is 3.77. The number of halogens is 2. The summed E-state index contributed by atoms with van der Waals surface area (Å²) in [6.45, 7) is 1.17. The monoisotopic (exact) mass is 467 g/mol. The maximum absolute atomic E-state index is 13.5. The van der Waals surface area contributed by atoms with Gasteiger partial charge in [0.2, 0.25) is 11.8 Å². The Morgan fingerprint density at radius 1 is 1.15 bits per heavy atom. The highest BCUT2D eigenvalue weighted by molar-refractivity contribution is 6.30. The van der Waals surface area contributed by atoms with Gasteiger partial charge in [0.15, 0.2) is 0 Å². The van der Waals surface area contributed by atoms with E-state index in [1.165, 1.54) is 12.1 Å². The standard InChI is InChI=1S/C25H23ClFN3O3/c26-20-10-8-17(9-11-20)25(32)30-13-3-5-19(16-30)23(31)29-15-18-4-2-12-28-24(18)33-22-7-1-6-21(27)14-22/h1-2,4,6-12,14,19H,3,5,13,15-16H2,(H,29,31). The van der Waals surface area contributed by atoms with Crippen LogP contribution in [0.4, 0.5) is 4.39 Å². The van der Waals surface area contributed by atoms with Gasteiger partial charge in [0.25, 0.3) is 5.91 Å². The number of likely N-dealkylation sites (tertiary alicyclic amines) is 1. The number of amides is 2. The number of hydrogen-bond donors (Lipinski definition) is 1. The predicted molar refractivity (Wildman–Crippen MR) is 123 cm³/mol. The van der Waals surface area contributed by atoms with Gasteiger partial charge in [-0.25, -0.2) is 9.37 Å². The SMILES string of the molecule is O=C(NCc1cccnc1Oc1cccc(F)c1)C1CCCN(C(=O)c2ccc(Cl)cc2)C1. The average molecular weight is 468 g/mol. The lowest BCUT2D eigenvalue weighted by Crippen LogP contribution is -2.45. The number of nitrogens with one attached hydrogen (secondary N) is 1. The first-order valence-corrected chi connectivity index (χ1v) is 11.1. The second kappa shape index (κ2) is 10.4. The molecular weight excluding hydrogens is 445 g/mol. The molecule has 1 aliphatic rings. The zero-order chi connectivity index (χ0) is 23.2. The van der Waals surface area contributed by atoms with Crippen molar-refractivity contribution in [1.29, 1.82) is 0 Å². The van der Waals surface area contributed by atoms with Crippen LogP contribution in [0.3, 0.4) is 0 Å². The number of carbonyl (C=O) groups excluding carboxylic acids is 2. The molecule has 1 saturated heterocycles. The van der Waals surface area contributed by atoms with Crippen LogP contribution in [0.5, 0.6) is 11.6 Å². The highest BCUT2D eigenvalue weighted by atomic mass is 35.5. The van der Waals surface area contributed by atoms with Crippen LogP contribution in [-0.4, -0.2) is 34.8 Å². The molecule has 33 heavy (non-hydrogen) atoms. The van der Waals surface area contributed by atoms with E-state index < -0.39 is 5.82 Å². The Balaban J connectivity index is 1.37. The summed E-state index contributed by atoms with van der Waals surface area (Å²) >= 11 is 5.91. The molecule has 1 aliphatic heterocycles. The first kappa shape index (κ1) is 22.7. The number of rotatable bonds is 6. The minimum atomic E-state index is -0.409. The van der Waals surface area contributed by atoms with E-state index >= 15 is 0 Å². The maximum Gasteiger partial charge on any atom is 0.253 e. The summed E-state index contributed by atoms with van der Waals surface area (Å²) < 4.78 is 19.2. The number of hydrogen-bond acceptors (Lipinski definition) is 4. The van der Waals surface area contributed by atoms with E-state index in [1.54, 1.807) is 59.6 Å². The van der Waals surface area contributed by atoms with Crippen molar-refractivity contribution in [1.82, 2.24) is 15.2 Å². The fraction of sp³-hybridized carbons (Fsp3) is 0.240.